The molecule has 0 radical (unpaired) electrons. The average Bonchev–Trinajstić information content (AvgIpc) is 3.42. The molecule has 1 aliphatic heterocycles. The van der Waals surface area contributed by atoms with Gasteiger partial charge in [0, 0.05) is 43.7 Å². The number of hydrogen-bond donors (Lipinski definition) is 0. The molecule has 6 nitrogen and oxygen atoms in total. The third-order valence-corrected chi connectivity index (χ3v) is 6.49. The largest absolute Gasteiger partial charge is 0.493 e. The minimum absolute atomic E-state index is 0.0348. The first-order valence-corrected chi connectivity index (χ1v) is 12.2. The van der Waals surface area contributed by atoms with Gasteiger partial charge in [0.25, 0.3) is 5.91 Å². The van der Waals surface area contributed by atoms with Crippen molar-refractivity contribution in [3.05, 3.63) is 96.1 Å². The molecule has 1 saturated heterocycles. The number of furan rings is 1. The molecule has 2 aromatic carbocycles. The molecule has 0 N–H and O–H groups in total. The highest BCUT2D eigenvalue weighted by atomic mass is 16.5. The van der Waals surface area contributed by atoms with E-state index in [0.29, 0.717) is 24.8 Å². The van der Waals surface area contributed by atoms with E-state index in [0.717, 1.165) is 43.7 Å². The van der Waals surface area contributed by atoms with Gasteiger partial charge in [-0.25, -0.2) is 0 Å². The fourth-order valence-electron chi connectivity index (χ4n) is 4.79. The number of carbonyl (C=O) groups excluding carboxylic acids is 1. The smallest absolute Gasteiger partial charge is 0.289 e. The number of amides is 1. The highest BCUT2D eigenvalue weighted by Gasteiger charge is 2.26. The summed E-state index contributed by atoms with van der Waals surface area (Å²) in [5.41, 5.74) is 3.51. The molecule has 5 rings (SSSR count). The number of ether oxygens (including phenoxy) is 1. The Balaban J connectivity index is 1.14. The molecule has 6 heteroatoms. The Labute approximate surface area is 206 Å². The first-order chi connectivity index (χ1) is 17.1. The van der Waals surface area contributed by atoms with E-state index < -0.39 is 0 Å². The van der Waals surface area contributed by atoms with Crippen molar-refractivity contribution in [3.8, 4) is 5.75 Å². The van der Waals surface area contributed by atoms with Crippen LogP contribution in [0.4, 0.5) is 0 Å². The lowest BCUT2D eigenvalue weighted by Crippen LogP contribution is -2.41. The van der Waals surface area contributed by atoms with Gasteiger partial charge in [0.2, 0.25) is 0 Å². The number of likely N-dealkylation sites (tertiary alicyclic amines) is 1. The summed E-state index contributed by atoms with van der Waals surface area (Å²) in [6.45, 7) is 3.76. The maximum atomic E-state index is 12.6. The van der Waals surface area contributed by atoms with Crippen LogP contribution in [0.25, 0.3) is 10.9 Å². The molecule has 0 bridgehead atoms. The molecule has 4 aromatic rings. The summed E-state index contributed by atoms with van der Waals surface area (Å²) in [4.78, 5) is 21.2. The molecule has 1 aliphatic rings. The molecular weight excluding hydrogens is 438 g/mol. The quantitative estimate of drug-likeness (QED) is 0.346. The number of pyridine rings is 1. The van der Waals surface area contributed by atoms with Crippen LogP contribution in [0, 0.1) is 5.92 Å². The minimum atomic E-state index is -0.0348. The van der Waals surface area contributed by atoms with E-state index in [-0.39, 0.29) is 5.91 Å². The zero-order valence-electron chi connectivity index (χ0n) is 20.1. The van der Waals surface area contributed by atoms with Crippen LogP contribution < -0.4 is 4.74 Å². The maximum absolute atomic E-state index is 12.6. The highest BCUT2D eigenvalue weighted by Crippen LogP contribution is 2.22. The number of fused-ring (bicyclic) bond motifs is 1. The Kier molecular flexibility index (Phi) is 7.09. The first-order valence-electron chi connectivity index (χ1n) is 12.2. The van der Waals surface area contributed by atoms with Crippen LogP contribution >= 0.6 is 0 Å². The van der Waals surface area contributed by atoms with Crippen LogP contribution in [0.2, 0.25) is 0 Å². The molecule has 1 atom stereocenters. The first kappa shape index (κ1) is 23.1. The zero-order valence-corrected chi connectivity index (χ0v) is 20.1. The number of piperidine rings is 1. The molecule has 0 aliphatic carbocycles. The standard InChI is InChI=1S/C29H31N3O3/c1-31(19-23-11-12-27-25(16-23)8-3-13-30-27)18-22-6-2-9-26(17-22)35-21-24-7-4-14-32(20-24)29(33)28-10-5-15-34-28/h2-3,5-6,8-13,15-17,24H,4,7,14,18-21H2,1H3. The van der Waals surface area contributed by atoms with Crippen molar-refractivity contribution >= 4 is 16.8 Å². The van der Waals surface area contributed by atoms with Crippen molar-refractivity contribution in [1.82, 2.24) is 14.8 Å². The summed E-state index contributed by atoms with van der Waals surface area (Å²) < 4.78 is 11.5. The molecule has 2 aromatic heterocycles. The number of benzene rings is 2. The lowest BCUT2D eigenvalue weighted by Gasteiger charge is -2.32. The van der Waals surface area contributed by atoms with E-state index in [1.54, 1.807) is 18.4 Å². The van der Waals surface area contributed by atoms with Gasteiger partial charge in [-0.3, -0.25) is 14.7 Å². The second-order valence-electron chi connectivity index (χ2n) is 9.40. The monoisotopic (exact) mass is 469 g/mol. The zero-order chi connectivity index (χ0) is 24.0. The summed E-state index contributed by atoms with van der Waals surface area (Å²) in [5.74, 6) is 1.56. The van der Waals surface area contributed by atoms with Crippen LogP contribution in [-0.2, 0) is 13.1 Å². The number of aromatic nitrogens is 1. The Hall–Kier alpha value is -3.64. The molecule has 1 amide bonds. The number of nitrogens with zero attached hydrogens (tertiary/aromatic N) is 3. The van der Waals surface area contributed by atoms with Gasteiger partial charge in [-0.2, -0.15) is 0 Å². The summed E-state index contributed by atoms with van der Waals surface area (Å²) in [6.07, 6.45) is 5.41. The lowest BCUT2D eigenvalue weighted by atomic mass is 9.98. The predicted octanol–water partition coefficient (Wildman–Crippen LogP) is 5.39. The Morgan fingerprint density at radius 2 is 1.97 bits per heavy atom. The number of carbonyl (C=O) groups is 1. The molecule has 35 heavy (non-hydrogen) atoms. The van der Waals surface area contributed by atoms with E-state index in [1.165, 1.54) is 16.5 Å². The van der Waals surface area contributed by atoms with Crippen LogP contribution in [0.3, 0.4) is 0 Å². The van der Waals surface area contributed by atoms with E-state index in [9.17, 15) is 4.79 Å². The fraction of sp³-hybridized carbons (Fsp3) is 0.310. The highest BCUT2D eigenvalue weighted by molar-refractivity contribution is 5.91. The summed E-state index contributed by atoms with van der Waals surface area (Å²) in [6, 6.07) is 22.3. The predicted molar refractivity (Wildman–Crippen MR) is 136 cm³/mol. The van der Waals surface area contributed by atoms with Crippen molar-refractivity contribution < 1.29 is 13.9 Å². The lowest BCUT2D eigenvalue weighted by molar-refractivity contribution is 0.0602. The van der Waals surface area contributed by atoms with Crippen LogP contribution in [0.5, 0.6) is 5.75 Å². The van der Waals surface area contributed by atoms with Crippen molar-refractivity contribution in [1.29, 1.82) is 0 Å². The molecule has 1 fully saturated rings. The van der Waals surface area contributed by atoms with E-state index >= 15 is 0 Å². The third-order valence-electron chi connectivity index (χ3n) is 6.49. The topological polar surface area (TPSA) is 58.8 Å². The summed E-state index contributed by atoms with van der Waals surface area (Å²) in [5, 5.41) is 1.17. The number of hydrogen-bond acceptors (Lipinski definition) is 5. The Bertz CT molecular complexity index is 1270. The van der Waals surface area contributed by atoms with Crippen molar-refractivity contribution in [3.63, 3.8) is 0 Å². The van der Waals surface area contributed by atoms with Gasteiger partial charge in [-0.1, -0.05) is 24.3 Å². The van der Waals surface area contributed by atoms with E-state index in [2.05, 4.69) is 53.3 Å². The maximum Gasteiger partial charge on any atom is 0.289 e. The van der Waals surface area contributed by atoms with Crippen molar-refractivity contribution in [2.75, 3.05) is 26.7 Å². The van der Waals surface area contributed by atoms with Crippen LogP contribution in [-0.4, -0.2) is 47.4 Å². The van der Waals surface area contributed by atoms with Crippen LogP contribution in [0.15, 0.2) is 83.6 Å². The average molecular weight is 470 g/mol. The van der Waals surface area contributed by atoms with Crippen LogP contribution in [0.1, 0.15) is 34.5 Å². The van der Waals surface area contributed by atoms with Crippen molar-refractivity contribution in [2.45, 2.75) is 25.9 Å². The van der Waals surface area contributed by atoms with E-state index in [1.807, 2.05) is 29.3 Å². The second-order valence-corrected chi connectivity index (χ2v) is 9.40. The van der Waals surface area contributed by atoms with Gasteiger partial charge < -0.3 is 14.1 Å². The van der Waals surface area contributed by atoms with Gasteiger partial charge in [-0.15, -0.1) is 0 Å². The Morgan fingerprint density at radius 3 is 2.83 bits per heavy atom. The fourth-order valence-corrected chi connectivity index (χ4v) is 4.79. The molecule has 3 heterocycles. The van der Waals surface area contributed by atoms with Gasteiger partial charge in [0.05, 0.1) is 18.4 Å². The molecule has 180 valence electrons. The SMILES string of the molecule is CN(Cc1cccc(OCC2CCCN(C(=O)c3ccco3)C2)c1)Cc1ccc2ncccc2c1. The number of rotatable bonds is 8. The Morgan fingerprint density at radius 1 is 1.09 bits per heavy atom. The molecule has 0 saturated carbocycles. The van der Waals surface area contributed by atoms with E-state index in [4.69, 9.17) is 9.15 Å². The minimum Gasteiger partial charge on any atom is -0.493 e. The summed E-state index contributed by atoms with van der Waals surface area (Å²) in [7, 11) is 2.13. The van der Waals surface area contributed by atoms with Gasteiger partial charge in [0.15, 0.2) is 5.76 Å². The van der Waals surface area contributed by atoms with Crippen molar-refractivity contribution in [2.24, 2.45) is 5.92 Å². The summed E-state index contributed by atoms with van der Waals surface area (Å²) >= 11 is 0. The normalized spacial score (nSPS) is 16.1. The van der Waals surface area contributed by atoms with Gasteiger partial charge >= 0.3 is 0 Å². The van der Waals surface area contributed by atoms with Gasteiger partial charge in [-0.05, 0) is 73.5 Å². The second kappa shape index (κ2) is 10.7. The molecule has 1 unspecified atom stereocenters. The molecule has 0 spiro atoms. The van der Waals surface area contributed by atoms with Gasteiger partial charge in [0.1, 0.15) is 5.75 Å². The third kappa shape index (κ3) is 5.89. The molecular formula is C29H31N3O3.